The molecule has 0 radical (unpaired) electrons. The van der Waals surface area contributed by atoms with Crippen LogP contribution in [-0.2, 0) is 0 Å². The summed E-state index contributed by atoms with van der Waals surface area (Å²) in [6.07, 6.45) is 17.4. The van der Waals surface area contributed by atoms with Crippen LogP contribution in [-0.4, -0.2) is 11.5 Å². The SMILES string of the molecule is CC/C=C\C=C/CC.CC/C=C\SCC.CC/C=C\SCC. The highest BCUT2D eigenvalue weighted by molar-refractivity contribution is 8.02. The van der Waals surface area contributed by atoms with E-state index in [1.54, 1.807) is 0 Å². The Balaban J connectivity index is -0.000000247. The number of thioether (sulfide) groups is 2. The third kappa shape index (κ3) is 42.7. The summed E-state index contributed by atoms with van der Waals surface area (Å²) in [5.41, 5.74) is 0. The van der Waals surface area contributed by atoms with Gasteiger partial charge in [-0.3, -0.25) is 0 Å². The van der Waals surface area contributed by atoms with Gasteiger partial charge >= 0.3 is 0 Å². The minimum Gasteiger partial charge on any atom is -0.135 e. The first-order chi connectivity index (χ1) is 10.7. The van der Waals surface area contributed by atoms with Crippen molar-refractivity contribution in [2.24, 2.45) is 0 Å². The molecule has 130 valence electrons. The first kappa shape index (κ1) is 26.6. The Kier molecular flexibility index (Phi) is 39.3. The van der Waals surface area contributed by atoms with Gasteiger partial charge in [0.1, 0.15) is 0 Å². The Hall–Kier alpha value is -0.340. The van der Waals surface area contributed by atoms with Crippen molar-refractivity contribution in [2.45, 2.75) is 67.2 Å². The minimum absolute atomic E-state index is 1.13. The highest BCUT2D eigenvalue weighted by Gasteiger charge is 1.68. The molecule has 0 heterocycles. The Morgan fingerprint density at radius 3 is 1.05 bits per heavy atom. The van der Waals surface area contributed by atoms with Gasteiger partial charge in [0.15, 0.2) is 0 Å². The fourth-order valence-corrected chi connectivity index (χ4v) is 1.99. The van der Waals surface area contributed by atoms with Crippen LogP contribution >= 0.6 is 23.5 Å². The van der Waals surface area contributed by atoms with Crippen molar-refractivity contribution in [1.29, 1.82) is 0 Å². The van der Waals surface area contributed by atoms with Gasteiger partial charge in [-0.05, 0) is 48.0 Å². The molecule has 0 fully saturated rings. The van der Waals surface area contributed by atoms with Crippen LogP contribution in [0.5, 0.6) is 0 Å². The first-order valence-electron chi connectivity index (χ1n) is 8.59. The van der Waals surface area contributed by atoms with E-state index in [1.807, 2.05) is 23.5 Å². The molecule has 0 aliphatic rings. The van der Waals surface area contributed by atoms with Crippen LogP contribution in [0.3, 0.4) is 0 Å². The Labute approximate surface area is 149 Å². The van der Waals surface area contributed by atoms with Crippen LogP contribution < -0.4 is 0 Å². The van der Waals surface area contributed by atoms with Gasteiger partial charge in [-0.2, -0.15) is 0 Å². The molecule has 0 amide bonds. The molecule has 0 saturated heterocycles. The standard InChI is InChI=1S/C8H14.2C6H12S/c1-3-5-7-8-6-4-2;2*1-3-5-6-7-4-2/h5-8H,3-4H2,1-2H3;2*5-6H,3-4H2,1-2H3/b7-5-,8-6-;2*6-5-. The maximum absolute atomic E-state index is 2.17. The predicted molar refractivity (Wildman–Crippen MR) is 114 cm³/mol. The number of rotatable bonds is 9. The maximum Gasteiger partial charge on any atom is -0.00546 e. The average Bonchev–Trinajstić information content (AvgIpc) is 2.54. The lowest BCUT2D eigenvalue weighted by Crippen LogP contribution is -1.56. The van der Waals surface area contributed by atoms with E-state index in [1.165, 1.54) is 11.5 Å². The molecule has 0 nitrogen and oxygen atoms in total. The van der Waals surface area contributed by atoms with Crippen molar-refractivity contribution in [2.75, 3.05) is 11.5 Å². The summed E-state index contributed by atoms with van der Waals surface area (Å²) in [5.74, 6) is 2.38. The van der Waals surface area contributed by atoms with E-state index in [-0.39, 0.29) is 0 Å². The minimum atomic E-state index is 1.13. The quantitative estimate of drug-likeness (QED) is 0.387. The lowest BCUT2D eigenvalue weighted by atomic mass is 10.3. The molecule has 0 atom stereocenters. The van der Waals surface area contributed by atoms with E-state index < -0.39 is 0 Å². The summed E-state index contributed by atoms with van der Waals surface area (Å²) >= 11 is 3.70. The molecule has 0 saturated carbocycles. The molecule has 22 heavy (non-hydrogen) atoms. The maximum atomic E-state index is 2.17. The van der Waals surface area contributed by atoms with E-state index in [4.69, 9.17) is 0 Å². The fraction of sp³-hybridized carbons (Fsp3) is 0.600. The van der Waals surface area contributed by atoms with Crippen LogP contribution in [0.2, 0.25) is 0 Å². The molecule has 0 aromatic rings. The second-order valence-electron chi connectivity index (χ2n) is 4.14. The van der Waals surface area contributed by atoms with Crippen LogP contribution in [0.25, 0.3) is 0 Å². The summed E-state index contributed by atoms with van der Waals surface area (Å²) in [7, 11) is 0. The average molecular weight is 343 g/mol. The molecule has 2 heteroatoms. The van der Waals surface area contributed by atoms with Crippen molar-refractivity contribution in [3.63, 3.8) is 0 Å². The van der Waals surface area contributed by atoms with Crippen molar-refractivity contribution in [3.8, 4) is 0 Å². The summed E-state index contributed by atoms with van der Waals surface area (Å²) in [5, 5.41) is 4.31. The Bertz CT molecular complexity index is 235. The normalized spacial score (nSPS) is 11.0. The molecule has 0 aliphatic heterocycles. The highest BCUT2D eigenvalue weighted by atomic mass is 32.2. The lowest BCUT2D eigenvalue weighted by Gasteiger charge is -1.80. The van der Waals surface area contributed by atoms with Gasteiger partial charge in [-0.15, -0.1) is 23.5 Å². The zero-order valence-corrected chi connectivity index (χ0v) is 17.3. The topological polar surface area (TPSA) is 0 Å². The van der Waals surface area contributed by atoms with E-state index in [9.17, 15) is 0 Å². The Morgan fingerprint density at radius 1 is 0.500 bits per heavy atom. The molecule has 0 unspecified atom stereocenters. The lowest BCUT2D eigenvalue weighted by molar-refractivity contribution is 1.21. The van der Waals surface area contributed by atoms with Gasteiger partial charge in [0.25, 0.3) is 0 Å². The zero-order chi connectivity index (χ0) is 17.3. The van der Waals surface area contributed by atoms with Gasteiger partial charge in [0.05, 0.1) is 0 Å². The molecular formula is C20H38S2. The molecule has 0 aliphatic carbocycles. The molecule has 0 aromatic carbocycles. The van der Waals surface area contributed by atoms with E-state index in [0.29, 0.717) is 0 Å². The smallest absolute Gasteiger partial charge is 0.00546 e. The van der Waals surface area contributed by atoms with Gasteiger partial charge in [-0.1, -0.05) is 78.0 Å². The zero-order valence-electron chi connectivity index (χ0n) is 15.7. The van der Waals surface area contributed by atoms with Crippen molar-refractivity contribution >= 4 is 23.5 Å². The summed E-state index contributed by atoms with van der Waals surface area (Å²) < 4.78 is 0. The van der Waals surface area contributed by atoms with Crippen molar-refractivity contribution in [3.05, 3.63) is 47.3 Å². The van der Waals surface area contributed by atoms with Crippen LogP contribution in [0.1, 0.15) is 67.2 Å². The Morgan fingerprint density at radius 2 is 0.818 bits per heavy atom. The number of hydrogen-bond donors (Lipinski definition) is 0. The first-order valence-corrected chi connectivity index (χ1v) is 10.7. The molecule has 0 aromatic heterocycles. The van der Waals surface area contributed by atoms with E-state index >= 15 is 0 Å². The molecule has 0 rings (SSSR count). The molecular weight excluding hydrogens is 304 g/mol. The second-order valence-corrected chi connectivity index (χ2v) is 6.51. The van der Waals surface area contributed by atoms with Crippen LogP contribution in [0.4, 0.5) is 0 Å². The van der Waals surface area contributed by atoms with Gasteiger partial charge in [0, 0.05) is 0 Å². The predicted octanol–water partition coefficient (Wildman–Crippen LogP) is 8.25. The summed E-state index contributed by atoms with van der Waals surface area (Å²) in [4.78, 5) is 0. The van der Waals surface area contributed by atoms with E-state index in [0.717, 1.165) is 25.7 Å². The molecule has 0 spiro atoms. The van der Waals surface area contributed by atoms with Gasteiger partial charge in [-0.25, -0.2) is 0 Å². The fourth-order valence-electron chi connectivity index (χ4n) is 0.950. The molecule has 0 bridgehead atoms. The van der Waals surface area contributed by atoms with Crippen LogP contribution in [0.15, 0.2) is 47.3 Å². The molecule has 0 N–H and O–H groups in total. The third-order valence-corrected chi connectivity index (χ3v) is 3.48. The monoisotopic (exact) mass is 342 g/mol. The summed E-state index contributed by atoms with van der Waals surface area (Å²) in [6, 6.07) is 0. The number of hydrogen-bond acceptors (Lipinski definition) is 2. The van der Waals surface area contributed by atoms with Crippen molar-refractivity contribution in [1.82, 2.24) is 0 Å². The highest BCUT2D eigenvalue weighted by Crippen LogP contribution is 2.00. The van der Waals surface area contributed by atoms with Gasteiger partial charge in [0.2, 0.25) is 0 Å². The van der Waals surface area contributed by atoms with E-state index in [2.05, 4.69) is 88.8 Å². The number of allylic oxidation sites excluding steroid dienone is 6. The summed E-state index contributed by atoms with van der Waals surface area (Å²) in [6.45, 7) is 12.9. The largest absolute Gasteiger partial charge is 0.135 e. The van der Waals surface area contributed by atoms with Gasteiger partial charge < -0.3 is 0 Å². The van der Waals surface area contributed by atoms with Crippen molar-refractivity contribution < 1.29 is 0 Å². The third-order valence-electron chi connectivity index (χ3n) is 2.04. The second kappa shape index (κ2) is 32.6. The van der Waals surface area contributed by atoms with Crippen LogP contribution in [0, 0.1) is 0 Å².